The van der Waals surface area contributed by atoms with Crippen molar-refractivity contribution in [2.24, 2.45) is 11.7 Å². The highest BCUT2D eigenvalue weighted by molar-refractivity contribution is 5.96. The number of carbonyl (C=O) groups is 2. The molecule has 0 aromatic heterocycles. The van der Waals surface area contributed by atoms with E-state index in [0.717, 1.165) is 19.5 Å². The molecule has 20 heavy (non-hydrogen) atoms. The molecule has 108 valence electrons. The Balaban J connectivity index is 1.81. The van der Waals surface area contributed by atoms with Crippen molar-refractivity contribution in [3.05, 3.63) is 29.8 Å². The molecule has 0 radical (unpaired) electrons. The molecule has 2 rings (SSSR count). The Hall–Kier alpha value is -1.88. The molecule has 1 atom stereocenters. The highest BCUT2D eigenvalue weighted by Gasteiger charge is 2.14. The van der Waals surface area contributed by atoms with Crippen LogP contribution in [0.5, 0.6) is 0 Å². The second-order valence-electron chi connectivity index (χ2n) is 5.24. The zero-order valence-electron chi connectivity index (χ0n) is 11.5. The third kappa shape index (κ3) is 4.35. The summed E-state index contributed by atoms with van der Waals surface area (Å²) in [4.78, 5) is 23.0. The minimum Gasteiger partial charge on any atom is -0.366 e. The summed E-state index contributed by atoms with van der Waals surface area (Å²) >= 11 is 0. The van der Waals surface area contributed by atoms with Gasteiger partial charge in [-0.2, -0.15) is 0 Å². The predicted octanol–water partition coefficient (Wildman–Crippen LogP) is 1.50. The number of benzene rings is 1. The van der Waals surface area contributed by atoms with E-state index in [1.165, 1.54) is 12.8 Å². The van der Waals surface area contributed by atoms with E-state index in [1.54, 1.807) is 24.3 Å². The molecule has 1 fully saturated rings. The summed E-state index contributed by atoms with van der Waals surface area (Å²) in [5.74, 6) is 0.0815. The van der Waals surface area contributed by atoms with Gasteiger partial charge in [0.15, 0.2) is 0 Å². The Labute approximate surface area is 118 Å². The number of primary amides is 1. The fourth-order valence-corrected chi connectivity index (χ4v) is 2.48. The van der Waals surface area contributed by atoms with Crippen LogP contribution >= 0.6 is 0 Å². The average Bonchev–Trinajstić information content (AvgIpc) is 2.46. The standard InChI is InChI=1S/C15H21N3O2/c16-15(20)12-4-1-5-13(9-12)18-14(19)7-6-11-3-2-8-17-10-11/h1,4-5,9,11,17H,2-3,6-8,10H2,(H2,16,20)(H,18,19). The van der Waals surface area contributed by atoms with E-state index >= 15 is 0 Å². The lowest BCUT2D eigenvalue weighted by Gasteiger charge is -2.22. The van der Waals surface area contributed by atoms with Gasteiger partial charge in [-0.1, -0.05) is 6.07 Å². The van der Waals surface area contributed by atoms with Crippen LogP contribution in [0.2, 0.25) is 0 Å². The SMILES string of the molecule is NC(=O)c1cccc(NC(=O)CCC2CCCNC2)c1. The molecule has 2 amide bonds. The Morgan fingerprint density at radius 3 is 2.95 bits per heavy atom. The highest BCUT2D eigenvalue weighted by atomic mass is 16.2. The largest absolute Gasteiger partial charge is 0.366 e. The summed E-state index contributed by atoms with van der Waals surface area (Å²) < 4.78 is 0. The molecule has 1 saturated heterocycles. The summed E-state index contributed by atoms with van der Waals surface area (Å²) in [7, 11) is 0. The van der Waals surface area contributed by atoms with Gasteiger partial charge in [0.25, 0.3) is 0 Å². The van der Waals surface area contributed by atoms with Gasteiger partial charge in [0.2, 0.25) is 11.8 Å². The average molecular weight is 275 g/mol. The summed E-state index contributed by atoms with van der Waals surface area (Å²) in [6.45, 7) is 2.09. The lowest BCUT2D eigenvalue weighted by molar-refractivity contribution is -0.116. The molecule has 5 nitrogen and oxygen atoms in total. The number of amides is 2. The molecule has 0 spiro atoms. The lowest BCUT2D eigenvalue weighted by Crippen LogP contribution is -2.30. The normalized spacial score (nSPS) is 18.5. The first-order valence-electron chi connectivity index (χ1n) is 7.05. The molecule has 0 aliphatic carbocycles. The first-order valence-corrected chi connectivity index (χ1v) is 7.05. The third-order valence-corrected chi connectivity index (χ3v) is 3.61. The zero-order chi connectivity index (χ0) is 14.4. The molecule has 1 heterocycles. The molecular weight excluding hydrogens is 254 g/mol. The van der Waals surface area contributed by atoms with Gasteiger partial charge >= 0.3 is 0 Å². The molecule has 1 aliphatic heterocycles. The summed E-state index contributed by atoms with van der Waals surface area (Å²) in [5, 5.41) is 6.15. The van der Waals surface area contributed by atoms with Crippen LogP contribution in [0.4, 0.5) is 5.69 Å². The number of hydrogen-bond acceptors (Lipinski definition) is 3. The maximum atomic E-state index is 11.9. The van der Waals surface area contributed by atoms with Crippen LogP contribution < -0.4 is 16.4 Å². The molecule has 0 bridgehead atoms. The van der Waals surface area contributed by atoms with E-state index in [2.05, 4.69) is 10.6 Å². The number of anilines is 1. The topological polar surface area (TPSA) is 84.2 Å². The van der Waals surface area contributed by atoms with E-state index in [1.807, 2.05) is 0 Å². The summed E-state index contributed by atoms with van der Waals surface area (Å²) in [5.41, 5.74) is 6.23. The Kier molecular flexibility index (Phi) is 5.12. The van der Waals surface area contributed by atoms with E-state index in [9.17, 15) is 9.59 Å². The van der Waals surface area contributed by atoms with Crippen molar-refractivity contribution >= 4 is 17.5 Å². The fraction of sp³-hybridized carbons (Fsp3) is 0.467. The van der Waals surface area contributed by atoms with Crippen molar-refractivity contribution in [2.45, 2.75) is 25.7 Å². The van der Waals surface area contributed by atoms with Gasteiger partial charge < -0.3 is 16.4 Å². The molecule has 0 saturated carbocycles. The molecule has 1 aromatic rings. The van der Waals surface area contributed by atoms with Gasteiger partial charge in [0.1, 0.15) is 0 Å². The van der Waals surface area contributed by atoms with Crippen LogP contribution in [0.1, 0.15) is 36.0 Å². The van der Waals surface area contributed by atoms with Crippen molar-refractivity contribution in [3.8, 4) is 0 Å². The van der Waals surface area contributed by atoms with Crippen LogP contribution in [0.3, 0.4) is 0 Å². The van der Waals surface area contributed by atoms with Crippen molar-refractivity contribution in [1.29, 1.82) is 0 Å². The van der Waals surface area contributed by atoms with Crippen LogP contribution in [-0.4, -0.2) is 24.9 Å². The minimum absolute atomic E-state index is 0.0165. The van der Waals surface area contributed by atoms with Crippen molar-refractivity contribution in [3.63, 3.8) is 0 Å². The van der Waals surface area contributed by atoms with Crippen molar-refractivity contribution < 1.29 is 9.59 Å². The molecule has 5 heteroatoms. The molecular formula is C15H21N3O2. The van der Waals surface area contributed by atoms with Crippen molar-refractivity contribution in [1.82, 2.24) is 5.32 Å². The monoisotopic (exact) mass is 275 g/mol. The Morgan fingerprint density at radius 1 is 1.40 bits per heavy atom. The number of carbonyl (C=O) groups excluding carboxylic acids is 2. The van der Waals surface area contributed by atoms with Gasteiger partial charge in [-0.05, 0) is 56.5 Å². The van der Waals surface area contributed by atoms with Gasteiger partial charge in [-0.15, -0.1) is 0 Å². The van der Waals surface area contributed by atoms with Crippen LogP contribution in [0.15, 0.2) is 24.3 Å². The molecule has 1 aromatic carbocycles. The minimum atomic E-state index is -0.491. The molecule has 1 unspecified atom stereocenters. The van der Waals surface area contributed by atoms with Gasteiger partial charge in [-0.25, -0.2) is 0 Å². The van der Waals surface area contributed by atoms with Gasteiger partial charge in [0, 0.05) is 17.7 Å². The van der Waals surface area contributed by atoms with Crippen LogP contribution in [0, 0.1) is 5.92 Å². The quantitative estimate of drug-likeness (QED) is 0.761. The first-order chi connectivity index (χ1) is 9.65. The number of nitrogens with one attached hydrogen (secondary N) is 2. The Morgan fingerprint density at radius 2 is 2.25 bits per heavy atom. The Bertz CT molecular complexity index is 482. The number of nitrogens with two attached hydrogens (primary N) is 1. The maximum Gasteiger partial charge on any atom is 0.248 e. The first kappa shape index (κ1) is 14.5. The fourth-order valence-electron chi connectivity index (χ4n) is 2.48. The second-order valence-corrected chi connectivity index (χ2v) is 5.24. The highest BCUT2D eigenvalue weighted by Crippen LogP contribution is 2.17. The number of piperidine rings is 1. The smallest absolute Gasteiger partial charge is 0.248 e. The van der Waals surface area contributed by atoms with E-state index in [-0.39, 0.29) is 5.91 Å². The lowest BCUT2D eigenvalue weighted by atomic mass is 9.94. The molecule has 4 N–H and O–H groups in total. The van der Waals surface area contributed by atoms with E-state index < -0.39 is 5.91 Å². The second kappa shape index (κ2) is 7.05. The van der Waals surface area contributed by atoms with Gasteiger partial charge in [0.05, 0.1) is 0 Å². The molecule has 1 aliphatic rings. The number of hydrogen-bond donors (Lipinski definition) is 3. The van der Waals surface area contributed by atoms with E-state index in [4.69, 9.17) is 5.73 Å². The summed E-state index contributed by atoms with van der Waals surface area (Å²) in [6.07, 6.45) is 3.78. The van der Waals surface area contributed by atoms with Gasteiger partial charge in [-0.3, -0.25) is 9.59 Å². The van der Waals surface area contributed by atoms with Crippen molar-refractivity contribution in [2.75, 3.05) is 18.4 Å². The summed E-state index contributed by atoms with van der Waals surface area (Å²) in [6, 6.07) is 6.70. The zero-order valence-corrected chi connectivity index (χ0v) is 11.5. The van der Waals surface area contributed by atoms with Crippen LogP contribution in [-0.2, 0) is 4.79 Å². The third-order valence-electron chi connectivity index (χ3n) is 3.61. The predicted molar refractivity (Wildman–Crippen MR) is 78.4 cm³/mol. The number of rotatable bonds is 5. The van der Waals surface area contributed by atoms with E-state index in [0.29, 0.717) is 23.6 Å². The van der Waals surface area contributed by atoms with Crippen LogP contribution in [0.25, 0.3) is 0 Å². The maximum absolute atomic E-state index is 11.9.